The van der Waals surface area contributed by atoms with Crippen LogP contribution in [0.3, 0.4) is 0 Å². The van der Waals surface area contributed by atoms with Crippen molar-refractivity contribution in [2.45, 2.75) is 32.9 Å². The first-order valence-electron chi connectivity index (χ1n) is 8.32. The highest BCUT2D eigenvalue weighted by molar-refractivity contribution is 6.03. The second kappa shape index (κ2) is 7.34. The van der Waals surface area contributed by atoms with Gasteiger partial charge in [0.25, 0.3) is 5.91 Å². The number of rotatable bonds is 5. The first kappa shape index (κ1) is 17.0. The third kappa shape index (κ3) is 3.79. The van der Waals surface area contributed by atoms with E-state index in [9.17, 15) is 9.59 Å². The number of fused-ring (bicyclic) bond motifs is 1. The maximum Gasteiger partial charge on any atom is 0.268 e. The highest BCUT2D eigenvalue weighted by Gasteiger charge is 2.34. The summed E-state index contributed by atoms with van der Waals surface area (Å²) in [6.45, 7) is 4.18. The molecule has 1 atom stereocenters. The molecule has 0 bridgehead atoms. The molecule has 1 aliphatic heterocycles. The van der Waals surface area contributed by atoms with Gasteiger partial charge in [0, 0.05) is 18.9 Å². The maximum absolute atomic E-state index is 12.7. The van der Waals surface area contributed by atoms with Gasteiger partial charge in [-0.15, -0.1) is 0 Å². The standard InChI is InChI=1S/C19H21N3O3/c1-3-16-19(24)22(15-9-13(2)6-7-17(15)25-16)12-18(23)21-11-14-5-4-8-20-10-14/h4-10,16H,3,11-12H2,1-2H3,(H,21,23)/t16-/m0/s1. The van der Waals surface area contributed by atoms with Crippen LogP contribution in [0.25, 0.3) is 0 Å². The number of amides is 2. The monoisotopic (exact) mass is 339 g/mol. The van der Waals surface area contributed by atoms with Crippen LogP contribution >= 0.6 is 0 Å². The van der Waals surface area contributed by atoms with Crippen molar-refractivity contribution in [3.8, 4) is 5.75 Å². The summed E-state index contributed by atoms with van der Waals surface area (Å²) >= 11 is 0. The van der Waals surface area contributed by atoms with Crippen molar-refractivity contribution in [1.29, 1.82) is 0 Å². The Labute approximate surface area is 146 Å². The Kier molecular flexibility index (Phi) is 4.97. The minimum absolute atomic E-state index is 0.0323. The molecule has 0 spiro atoms. The van der Waals surface area contributed by atoms with Crippen LogP contribution in [-0.2, 0) is 16.1 Å². The van der Waals surface area contributed by atoms with Gasteiger partial charge in [0.05, 0.1) is 5.69 Å². The lowest BCUT2D eigenvalue weighted by atomic mass is 10.1. The first-order chi connectivity index (χ1) is 12.1. The number of carbonyl (C=O) groups excluding carboxylic acids is 2. The van der Waals surface area contributed by atoms with Crippen LogP contribution in [0.5, 0.6) is 5.75 Å². The molecule has 2 aromatic rings. The largest absolute Gasteiger partial charge is 0.478 e. The molecule has 0 unspecified atom stereocenters. The SMILES string of the molecule is CC[C@@H]1Oc2ccc(C)cc2N(CC(=O)NCc2cccnc2)C1=O. The van der Waals surface area contributed by atoms with E-state index in [-0.39, 0.29) is 18.4 Å². The van der Waals surface area contributed by atoms with E-state index in [0.717, 1.165) is 11.1 Å². The van der Waals surface area contributed by atoms with Crippen LogP contribution < -0.4 is 15.0 Å². The molecule has 0 fully saturated rings. The molecule has 0 saturated carbocycles. The number of benzene rings is 1. The van der Waals surface area contributed by atoms with E-state index in [1.165, 1.54) is 4.90 Å². The quantitative estimate of drug-likeness (QED) is 0.907. The number of aryl methyl sites for hydroxylation is 1. The van der Waals surface area contributed by atoms with Gasteiger partial charge in [-0.1, -0.05) is 19.1 Å². The molecule has 1 aliphatic rings. The van der Waals surface area contributed by atoms with Crippen molar-refractivity contribution < 1.29 is 14.3 Å². The van der Waals surface area contributed by atoms with Crippen LogP contribution in [0.1, 0.15) is 24.5 Å². The third-order valence-electron chi connectivity index (χ3n) is 4.10. The molecule has 6 nitrogen and oxygen atoms in total. The molecule has 1 aromatic heterocycles. The van der Waals surface area contributed by atoms with Crippen molar-refractivity contribution in [2.75, 3.05) is 11.4 Å². The summed E-state index contributed by atoms with van der Waals surface area (Å²) in [4.78, 5) is 30.5. The van der Waals surface area contributed by atoms with Gasteiger partial charge in [0.2, 0.25) is 5.91 Å². The number of ether oxygens (including phenoxy) is 1. The molecule has 3 rings (SSSR count). The zero-order chi connectivity index (χ0) is 17.8. The van der Waals surface area contributed by atoms with Crippen LogP contribution in [0.15, 0.2) is 42.7 Å². The van der Waals surface area contributed by atoms with Gasteiger partial charge in [0.15, 0.2) is 6.10 Å². The fourth-order valence-corrected chi connectivity index (χ4v) is 2.76. The van der Waals surface area contributed by atoms with Crippen molar-refractivity contribution in [2.24, 2.45) is 0 Å². The molecule has 130 valence electrons. The Morgan fingerprint density at radius 3 is 2.92 bits per heavy atom. The summed E-state index contributed by atoms with van der Waals surface area (Å²) in [5.74, 6) is 0.232. The molecule has 6 heteroatoms. The molecule has 2 heterocycles. The molecule has 1 aromatic carbocycles. The second-order valence-corrected chi connectivity index (χ2v) is 6.05. The summed E-state index contributed by atoms with van der Waals surface area (Å²) in [6.07, 6.45) is 3.38. The van der Waals surface area contributed by atoms with Crippen molar-refractivity contribution in [3.63, 3.8) is 0 Å². The maximum atomic E-state index is 12.7. The van der Waals surface area contributed by atoms with Gasteiger partial charge >= 0.3 is 0 Å². The number of anilines is 1. The predicted octanol–water partition coefficient (Wildman–Crippen LogP) is 2.21. The molecular weight excluding hydrogens is 318 g/mol. The number of carbonyl (C=O) groups is 2. The molecule has 1 N–H and O–H groups in total. The van der Waals surface area contributed by atoms with Crippen LogP contribution in [0.2, 0.25) is 0 Å². The smallest absolute Gasteiger partial charge is 0.268 e. The van der Waals surface area contributed by atoms with Gasteiger partial charge < -0.3 is 10.1 Å². The van der Waals surface area contributed by atoms with Gasteiger partial charge in [-0.25, -0.2) is 0 Å². The Morgan fingerprint density at radius 2 is 2.20 bits per heavy atom. The van der Waals surface area contributed by atoms with Gasteiger partial charge in [0.1, 0.15) is 12.3 Å². The molecule has 0 aliphatic carbocycles. The summed E-state index contributed by atoms with van der Waals surface area (Å²) in [5, 5.41) is 2.83. The van der Waals surface area contributed by atoms with Crippen LogP contribution in [0.4, 0.5) is 5.69 Å². The average Bonchev–Trinajstić information content (AvgIpc) is 2.63. The number of hydrogen-bond acceptors (Lipinski definition) is 4. The van der Waals surface area contributed by atoms with Gasteiger partial charge in [-0.05, 0) is 42.7 Å². The van der Waals surface area contributed by atoms with E-state index in [0.29, 0.717) is 24.4 Å². The van der Waals surface area contributed by atoms with E-state index in [2.05, 4.69) is 10.3 Å². The van der Waals surface area contributed by atoms with E-state index >= 15 is 0 Å². The topological polar surface area (TPSA) is 71.5 Å². The summed E-state index contributed by atoms with van der Waals surface area (Å²) in [7, 11) is 0. The zero-order valence-electron chi connectivity index (χ0n) is 14.4. The minimum Gasteiger partial charge on any atom is -0.478 e. The Bertz CT molecular complexity index is 777. The highest BCUT2D eigenvalue weighted by atomic mass is 16.5. The normalized spacial score (nSPS) is 16.2. The number of pyridine rings is 1. The highest BCUT2D eigenvalue weighted by Crippen LogP contribution is 2.35. The lowest BCUT2D eigenvalue weighted by molar-refractivity contribution is -0.129. The fourth-order valence-electron chi connectivity index (χ4n) is 2.76. The van der Waals surface area contributed by atoms with E-state index in [1.54, 1.807) is 12.4 Å². The Morgan fingerprint density at radius 1 is 1.36 bits per heavy atom. The van der Waals surface area contributed by atoms with E-state index < -0.39 is 6.10 Å². The number of nitrogens with zero attached hydrogens (tertiary/aromatic N) is 2. The predicted molar refractivity (Wildman–Crippen MR) is 94.3 cm³/mol. The third-order valence-corrected chi connectivity index (χ3v) is 4.10. The summed E-state index contributed by atoms with van der Waals surface area (Å²) in [5.41, 5.74) is 2.56. The van der Waals surface area contributed by atoms with Crippen LogP contribution in [-0.4, -0.2) is 29.4 Å². The summed E-state index contributed by atoms with van der Waals surface area (Å²) in [6, 6.07) is 9.35. The van der Waals surface area contributed by atoms with Gasteiger partial charge in [-0.3, -0.25) is 19.5 Å². The minimum atomic E-state index is -0.554. The zero-order valence-corrected chi connectivity index (χ0v) is 14.4. The molecule has 2 amide bonds. The van der Waals surface area contributed by atoms with Crippen molar-refractivity contribution in [1.82, 2.24) is 10.3 Å². The van der Waals surface area contributed by atoms with E-state index in [4.69, 9.17) is 4.74 Å². The first-order valence-corrected chi connectivity index (χ1v) is 8.32. The van der Waals surface area contributed by atoms with Gasteiger partial charge in [-0.2, -0.15) is 0 Å². The fraction of sp³-hybridized carbons (Fsp3) is 0.316. The lowest BCUT2D eigenvalue weighted by Gasteiger charge is -2.33. The van der Waals surface area contributed by atoms with Crippen molar-refractivity contribution >= 4 is 17.5 Å². The van der Waals surface area contributed by atoms with Crippen LogP contribution in [0, 0.1) is 6.92 Å². The van der Waals surface area contributed by atoms with Crippen molar-refractivity contribution in [3.05, 3.63) is 53.9 Å². The summed E-state index contributed by atoms with van der Waals surface area (Å²) < 4.78 is 5.76. The molecular formula is C19H21N3O3. The average molecular weight is 339 g/mol. The second-order valence-electron chi connectivity index (χ2n) is 6.05. The number of nitrogens with one attached hydrogen (secondary N) is 1. The molecule has 0 radical (unpaired) electrons. The van der Waals surface area contributed by atoms with E-state index in [1.807, 2.05) is 44.2 Å². The Balaban J connectivity index is 1.74. The molecule has 25 heavy (non-hydrogen) atoms. The number of aromatic nitrogens is 1. The molecule has 0 saturated heterocycles. The Hall–Kier alpha value is -2.89. The lowest BCUT2D eigenvalue weighted by Crippen LogP contribution is -2.49. The number of hydrogen-bond donors (Lipinski definition) is 1.